The molecule has 0 aliphatic carbocycles. The van der Waals surface area contributed by atoms with Gasteiger partial charge in [-0.2, -0.15) is 0 Å². The van der Waals surface area contributed by atoms with Crippen molar-refractivity contribution in [3.8, 4) is 5.75 Å². The summed E-state index contributed by atoms with van der Waals surface area (Å²) in [5.41, 5.74) is 9.21. The molecule has 2 aromatic rings. The molecular formula is C20H24ClN3O3. The number of nitrogens with zero attached hydrogens (tertiary/aromatic N) is 1. The summed E-state index contributed by atoms with van der Waals surface area (Å²) in [7, 11) is 1.54. The Balaban J connectivity index is 0.00000261. The molecule has 6 nitrogen and oxygen atoms in total. The van der Waals surface area contributed by atoms with Crippen LogP contribution in [-0.2, 0) is 9.59 Å². The van der Waals surface area contributed by atoms with E-state index in [0.717, 1.165) is 23.2 Å². The average molecular weight is 390 g/mol. The highest BCUT2D eigenvalue weighted by Gasteiger charge is 2.25. The SMILES string of the molecule is COc1cc(NC(=O)C(N)c2ccc(C)cc2)ccc1N1CCCC1=O.Cl. The third-order valence-electron chi connectivity index (χ3n) is 4.53. The third-order valence-corrected chi connectivity index (χ3v) is 4.53. The monoisotopic (exact) mass is 389 g/mol. The standard InChI is InChI=1S/C20H23N3O3.ClH/c1-13-5-7-14(8-6-13)19(21)20(25)22-15-9-10-16(17(12-15)26-2)23-11-3-4-18(23)24;/h5-10,12,19H,3-4,11,21H2,1-2H3,(H,22,25);1H. The van der Waals surface area contributed by atoms with Crippen molar-refractivity contribution in [1.82, 2.24) is 0 Å². The molecule has 1 aliphatic rings. The zero-order valence-corrected chi connectivity index (χ0v) is 16.2. The summed E-state index contributed by atoms with van der Waals surface area (Å²) in [6.45, 7) is 2.66. The van der Waals surface area contributed by atoms with Crippen molar-refractivity contribution in [2.45, 2.75) is 25.8 Å². The van der Waals surface area contributed by atoms with Crippen molar-refractivity contribution in [3.05, 3.63) is 53.6 Å². The van der Waals surface area contributed by atoms with Gasteiger partial charge in [0.05, 0.1) is 12.8 Å². The fourth-order valence-electron chi connectivity index (χ4n) is 3.03. The Kier molecular flexibility index (Phi) is 6.82. The summed E-state index contributed by atoms with van der Waals surface area (Å²) in [6, 6.07) is 12.0. The summed E-state index contributed by atoms with van der Waals surface area (Å²) >= 11 is 0. The van der Waals surface area contributed by atoms with Crippen LogP contribution < -0.4 is 20.7 Å². The third kappa shape index (κ3) is 4.59. The van der Waals surface area contributed by atoms with E-state index in [4.69, 9.17) is 10.5 Å². The number of aryl methyl sites for hydroxylation is 1. The highest BCUT2D eigenvalue weighted by Crippen LogP contribution is 2.34. The van der Waals surface area contributed by atoms with E-state index in [-0.39, 0.29) is 24.2 Å². The van der Waals surface area contributed by atoms with E-state index >= 15 is 0 Å². The van der Waals surface area contributed by atoms with E-state index < -0.39 is 6.04 Å². The number of amides is 2. The minimum Gasteiger partial charge on any atom is -0.494 e. The van der Waals surface area contributed by atoms with Crippen molar-refractivity contribution >= 4 is 35.6 Å². The van der Waals surface area contributed by atoms with Gasteiger partial charge in [0.15, 0.2) is 0 Å². The van der Waals surface area contributed by atoms with Crippen LogP contribution in [-0.4, -0.2) is 25.5 Å². The summed E-state index contributed by atoms with van der Waals surface area (Å²) in [4.78, 5) is 26.1. The van der Waals surface area contributed by atoms with Crippen LogP contribution in [0.4, 0.5) is 11.4 Å². The average Bonchev–Trinajstić information content (AvgIpc) is 3.07. The predicted octanol–water partition coefficient (Wildman–Crippen LogP) is 3.19. The molecule has 1 atom stereocenters. The second-order valence-electron chi connectivity index (χ2n) is 6.41. The minimum absolute atomic E-state index is 0. The summed E-state index contributed by atoms with van der Waals surface area (Å²) in [5, 5.41) is 2.81. The van der Waals surface area contributed by atoms with Gasteiger partial charge in [-0.25, -0.2) is 0 Å². The molecular weight excluding hydrogens is 366 g/mol. The van der Waals surface area contributed by atoms with Crippen LogP contribution in [0.15, 0.2) is 42.5 Å². The predicted molar refractivity (Wildman–Crippen MR) is 109 cm³/mol. The number of nitrogens with two attached hydrogens (primary N) is 1. The topological polar surface area (TPSA) is 84.7 Å². The number of nitrogens with one attached hydrogen (secondary N) is 1. The Morgan fingerprint density at radius 3 is 2.52 bits per heavy atom. The van der Waals surface area contributed by atoms with Crippen LogP contribution in [0.25, 0.3) is 0 Å². The molecule has 1 unspecified atom stereocenters. The van der Waals surface area contributed by atoms with Gasteiger partial charge in [-0.15, -0.1) is 12.4 Å². The summed E-state index contributed by atoms with van der Waals surface area (Å²) < 4.78 is 5.41. The van der Waals surface area contributed by atoms with Crippen LogP contribution in [0.5, 0.6) is 5.75 Å². The van der Waals surface area contributed by atoms with E-state index in [0.29, 0.717) is 24.4 Å². The fraction of sp³-hybridized carbons (Fsp3) is 0.300. The van der Waals surface area contributed by atoms with E-state index in [2.05, 4.69) is 5.32 Å². The molecule has 144 valence electrons. The van der Waals surface area contributed by atoms with Crippen molar-refractivity contribution in [1.29, 1.82) is 0 Å². The van der Waals surface area contributed by atoms with Gasteiger partial charge in [-0.3, -0.25) is 9.59 Å². The summed E-state index contributed by atoms with van der Waals surface area (Å²) in [5.74, 6) is 0.323. The van der Waals surface area contributed by atoms with Gasteiger partial charge < -0.3 is 20.7 Å². The van der Waals surface area contributed by atoms with Crippen LogP contribution in [0.3, 0.4) is 0 Å². The first-order valence-electron chi connectivity index (χ1n) is 8.61. The Labute approximate surface area is 165 Å². The number of ether oxygens (including phenoxy) is 1. The Hall–Kier alpha value is -2.57. The molecule has 0 saturated carbocycles. The second kappa shape index (κ2) is 8.88. The number of anilines is 2. The quantitative estimate of drug-likeness (QED) is 0.822. The number of hydrogen-bond donors (Lipinski definition) is 2. The molecule has 1 saturated heterocycles. The largest absolute Gasteiger partial charge is 0.494 e. The lowest BCUT2D eigenvalue weighted by Crippen LogP contribution is -2.28. The molecule has 3 rings (SSSR count). The van der Waals surface area contributed by atoms with E-state index in [1.54, 1.807) is 30.2 Å². The number of carbonyl (C=O) groups is 2. The molecule has 1 aliphatic heterocycles. The zero-order valence-electron chi connectivity index (χ0n) is 15.4. The van der Waals surface area contributed by atoms with E-state index in [1.807, 2.05) is 31.2 Å². The van der Waals surface area contributed by atoms with E-state index in [1.165, 1.54) is 0 Å². The van der Waals surface area contributed by atoms with Crippen LogP contribution in [0.1, 0.15) is 30.0 Å². The minimum atomic E-state index is -0.763. The normalized spacial score (nSPS) is 14.5. The van der Waals surface area contributed by atoms with Gasteiger partial charge >= 0.3 is 0 Å². The first kappa shape index (κ1) is 20.7. The van der Waals surface area contributed by atoms with Crippen molar-refractivity contribution in [2.24, 2.45) is 5.73 Å². The number of halogens is 1. The Morgan fingerprint density at radius 1 is 1.22 bits per heavy atom. The number of benzene rings is 2. The molecule has 0 bridgehead atoms. The van der Waals surface area contributed by atoms with Crippen LogP contribution >= 0.6 is 12.4 Å². The van der Waals surface area contributed by atoms with Gasteiger partial charge in [-0.05, 0) is 31.0 Å². The Morgan fingerprint density at radius 2 is 1.93 bits per heavy atom. The number of rotatable bonds is 5. The zero-order chi connectivity index (χ0) is 18.7. The van der Waals surface area contributed by atoms with Gasteiger partial charge in [-0.1, -0.05) is 29.8 Å². The molecule has 1 heterocycles. The maximum Gasteiger partial charge on any atom is 0.245 e. The molecule has 0 aromatic heterocycles. The Bertz CT molecular complexity index is 824. The molecule has 27 heavy (non-hydrogen) atoms. The molecule has 2 amide bonds. The molecule has 7 heteroatoms. The van der Waals surface area contributed by atoms with Crippen LogP contribution in [0.2, 0.25) is 0 Å². The van der Waals surface area contributed by atoms with Crippen LogP contribution in [0, 0.1) is 6.92 Å². The number of carbonyl (C=O) groups excluding carboxylic acids is 2. The van der Waals surface area contributed by atoms with E-state index in [9.17, 15) is 9.59 Å². The van der Waals surface area contributed by atoms with Crippen molar-refractivity contribution < 1.29 is 14.3 Å². The number of hydrogen-bond acceptors (Lipinski definition) is 4. The molecule has 0 radical (unpaired) electrons. The van der Waals surface area contributed by atoms with Gasteiger partial charge in [0, 0.05) is 24.7 Å². The molecule has 1 fully saturated rings. The highest BCUT2D eigenvalue weighted by atomic mass is 35.5. The molecule has 2 aromatic carbocycles. The lowest BCUT2D eigenvalue weighted by molar-refractivity contribution is -0.118. The second-order valence-corrected chi connectivity index (χ2v) is 6.41. The lowest BCUT2D eigenvalue weighted by Gasteiger charge is -2.20. The van der Waals surface area contributed by atoms with Crippen molar-refractivity contribution in [2.75, 3.05) is 23.9 Å². The fourth-order valence-corrected chi connectivity index (χ4v) is 3.03. The molecule has 3 N–H and O–H groups in total. The first-order chi connectivity index (χ1) is 12.5. The molecule has 0 spiro atoms. The maximum atomic E-state index is 12.4. The lowest BCUT2D eigenvalue weighted by atomic mass is 10.1. The number of methoxy groups -OCH3 is 1. The first-order valence-corrected chi connectivity index (χ1v) is 8.61. The smallest absolute Gasteiger partial charge is 0.245 e. The summed E-state index contributed by atoms with van der Waals surface area (Å²) in [6.07, 6.45) is 1.39. The van der Waals surface area contributed by atoms with Crippen molar-refractivity contribution in [3.63, 3.8) is 0 Å². The van der Waals surface area contributed by atoms with Gasteiger partial charge in [0.25, 0.3) is 0 Å². The van der Waals surface area contributed by atoms with Gasteiger partial charge in [0.2, 0.25) is 11.8 Å². The van der Waals surface area contributed by atoms with Gasteiger partial charge in [0.1, 0.15) is 11.8 Å². The maximum absolute atomic E-state index is 12.4. The highest BCUT2D eigenvalue weighted by molar-refractivity contribution is 5.98.